The summed E-state index contributed by atoms with van der Waals surface area (Å²) in [7, 11) is 1.87. The lowest BCUT2D eigenvalue weighted by Crippen LogP contribution is -2.42. The maximum Gasteiger partial charge on any atom is 0.227 e. The maximum absolute atomic E-state index is 12.0. The molecule has 1 aliphatic heterocycles. The molecule has 2 rings (SSSR count). The number of carbonyl (C=O) groups excluding carboxylic acids is 1. The van der Waals surface area contributed by atoms with Crippen molar-refractivity contribution in [2.24, 2.45) is 5.92 Å². The topological polar surface area (TPSA) is 50.4 Å². The first-order valence-corrected chi connectivity index (χ1v) is 7.16. The summed E-state index contributed by atoms with van der Waals surface area (Å²) in [6.45, 7) is 3.90. The lowest BCUT2D eigenvalue weighted by Gasteiger charge is -2.15. The number of nitrogens with one attached hydrogen (secondary N) is 2. The molecule has 0 bridgehead atoms. The Balaban J connectivity index is 1.84. The lowest BCUT2D eigenvalue weighted by molar-refractivity contribution is -0.125. The summed E-state index contributed by atoms with van der Waals surface area (Å²) >= 11 is 1.76. The van der Waals surface area contributed by atoms with Gasteiger partial charge in [0.05, 0.1) is 25.7 Å². The molecule has 2 unspecified atom stereocenters. The number of ether oxygens (including phenoxy) is 1. The number of likely N-dealkylation sites (N-methyl/N-ethyl adjacent to an activating group) is 1. The molecule has 1 aromatic rings. The van der Waals surface area contributed by atoms with E-state index in [1.807, 2.05) is 7.05 Å². The maximum atomic E-state index is 12.0. The minimum Gasteiger partial charge on any atom is -0.379 e. The SMILES string of the molecule is CCc1ccc(CNC(=O)C2COCC2NC)s1. The van der Waals surface area contributed by atoms with Gasteiger partial charge in [0.2, 0.25) is 5.91 Å². The van der Waals surface area contributed by atoms with Gasteiger partial charge in [-0.05, 0) is 25.6 Å². The van der Waals surface area contributed by atoms with Crippen LogP contribution in [-0.2, 0) is 22.5 Å². The Morgan fingerprint density at radius 3 is 2.89 bits per heavy atom. The molecule has 0 spiro atoms. The summed E-state index contributed by atoms with van der Waals surface area (Å²) in [5.41, 5.74) is 0. The van der Waals surface area contributed by atoms with Crippen LogP contribution < -0.4 is 10.6 Å². The Morgan fingerprint density at radius 2 is 2.22 bits per heavy atom. The number of carbonyl (C=O) groups is 1. The third kappa shape index (κ3) is 3.10. The van der Waals surface area contributed by atoms with Gasteiger partial charge >= 0.3 is 0 Å². The molecular weight excluding hydrogens is 248 g/mol. The van der Waals surface area contributed by atoms with E-state index in [4.69, 9.17) is 4.74 Å². The highest BCUT2D eigenvalue weighted by molar-refractivity contribution is 7.11. The average Bonchev–Trinajstić information content (AvgIpc) is 3.04. The molecule has 0 aromatic carbocycles. The first kappa shape index (κ1) is 13.5. The van der Waals surface area contributed by atoms with E-state index >= 15 is 0 Å². The molecule has 4 nitrogen and oxygen atoms in total. The van der Waals surface area contributed by atoms with Crippen LogP contribution in [0.2, 0.25) is 0 Å². The van der Waals surface area contributed by atoms with Crippen molar-refractivity contribution in [1.82, 2.24) is 10.6 Å². The average molecular weight is 268 g/mol. The van der Waals surface area contributed by atoms with Crippen molar-refractivity contribution >= 4 is 17.2 Å². The van der Waals surface area contributed by atoms with Crippen molar-refractivity contribution in [3.63, 3.8) is 0 Å². The van der Waals surface area contributed by atoms with E-state index in [1.54, 1.807) is 11.3 Å². The van der Waals surface area contributed by atoms with Crippen molar-refractivity contribution in [3.05, 3.63) is 21.9 Å². The second kappa shape index (κ2) is 6.31. The molecule has 1 aromatic heterocycles. The smallest absolute Gasteiger partial charge is 0.227 e. The number of thiophene rings is 1. The molecule has 5 heteroatoms. The van der Waals surface area contributed by atoms with Crippen molar-refractivity contribution in [2.75, 3.05) is 20.3 Å². The normalized spacial score (nSPS) is 23.2. The van der Waals surface area contributed by atoms with Gasteiger partial charge in [-0.2, -0.15) is 0 Å². The zero-order valence-electron chi connectivity index (χ0n) is 10.9. The standard InChI is InChI=1S/C13H20N2O2S/c1-3-9-4-5-10(18-9)6-15-13(16)11-7-17-8-12(11)14-2/h4-5,11-12,14H,3,6-8H2,1-2H3,(H,15,16). The van der Waals surface area contributed by atoms with Crippen molar-refractivity contribution in [3.8, 4) is 0 Å². The molecule has 1 amide bonds. The Kier molecular flexibility index (Phi) is 4.74. The van der Waals surface area contributed by atoms with Crippen molar-refractivity contribution < 1.29 is 9.53 Å². The van der Waals surface area contributed by atoms with E-state index in [-0.39, 0.29) is 17.9 Å². The van der Waals surface area contributed by atoms with E-state index in [2.05, 4.69) is 29.7 Å². The molecule has 0 aliphatic carbocycles. The fourth-order valence-corrected chi connectivity index (χ4v) is 3.01. The summed E-state index contributed by atoms with van der Waals surface area (Å²) in [5, 5.41) is 6.12. The minimum absolute atomic E-state index is 0.0689. The van der Waals surface area contributed by atoms with Gasteiger partial charge in [-0.1, -0.05) is 6.92 Å². The van der Waals surface area contributed by atoms with Gasteiger partial charge in [0, 0.05) is 15.8 Å². The van der Waals surface area contributed by atoms with Crippen LogP contribution in [-0.4, -0.2) is 32.2 Å². The number of amides is 1. The predicted octanol–water partition coefficient (Wildman–Crippen LogP) is 1.16. The van der Waals surface area contributed by atoms with Crippen LogP contribution in [0.25, 0.3) is 0 Å². The van der Waals surface area contributed by atoms with Crippen LogP contribution in [0.1, 0.15) is 16.7 Å². The third-order valence-electron chi connectivity index (χ3n) is 3.29. The van der Waals surface area contributed by atoms with Crippen LogP contribution in [0.5, 0.6) is 0 Å². The van der Waals surface area contributed by atoms with Crippen LogP contribution in [0, 0.1) is 5.92 Å². The van der Waals surface area contributed by atoms with Crippen molar-refractivity contribution in [2.45, 2.75) is 25.9 Å². The lowest BCUT2D eigenvalue weighted by atomic mass is 10.0. The minimum atomic E-state index is -0.0689. The van der Waals surface area contributed by atoms with Crippen LogP contribution in [0.4, 0.5) is 0 Å². The summed E-state index contributed by atoms with van der Waals surface area (Å²) in [4.78, 5) is 14.6. The van der Waals surface area contributed by atoms with Gasteiger partial charge in [0.15, 0.2) is 0 Å². The fourth-order valence-electron chi connectivity index (χ4n) is 2.11. The van der Waals surface area contributed by atoms with Gasteiger partial charge in [-0.25, -0.2) is 0 Å². The Morgan fingerprint density at radius 1 is 1.44 bits per heavy atom. The predicted molar refractivity (Wildman–Crippen MR) is 72.7 cm³/mol. The molecule has 1 fully saturated rings. The van der Waals surface area contributed by atoms with Crippen LogP contribution in [0.3, 0.4) is 0 Å². The number of hydrogen-bond donors (Lipinski definition) is 2. The summed E-state index contributed by atoms with van der Waals surface area (Å²) < 4.78 is 5.33. The highest BCUT2D eigenvalue weighted by Gasteiger charge is 2.32. The summed E-state index contributed by atoms with van der Waals surface area (Å²) in [5.74, 6) is 0.0129. The van der Waals surface area contributed by atoms with Gasteiger partial charge in [-0.3, -0.25) is 4.79 Å². The van der Waals surface area contributed by atoms with Crippen molar-refractivity contribution in [1.29, 1.82) is 0 Å². The molecule has 0 radical (unpaired) electrons. The molecular formula is C13H20N2O2S. The highest BCUT2D eigenvalue weighted by atomic mass is 32.1. The monoisotopic (exact) mass is 268 g/mol. The Hall–Kier alpha value is -0.910. The largest absolute Gasteiger partial charge is 0.379 e. The molecule has 0 saturated carbocycles. The first-order chi connectivity index (χ1) is 8.74. The molecule has 2 atom stereocenters. The Bertz CT molecular complexity index is 405. The van der Waals surface area contributed by atoms with E-state index < -0.39 is 0 Å². The van der Waals surface area contributed by atoms with E-state index in [0.717, 1.165) is 6.42 Å². The second-order valence-corrected chi connectivity index (χ2v) is 5.73. The van der Waals surface area contributed by atoms with Gasteiger partial charge in [0.25, 0.3) is 0 Å². The molecule has 1 aliphatic rings. The van der Waals surface area contributed by atoms with E-state index in [9.17, 15) is 4.79 Å². The first-order valence-electron chi connectivity index (χ1n) is 6.35. The molecule has 18 heavy (non-hydrogen) atoms. The Labute approximate surface area is 112 Å². The summed E-state index contributed by atoms with van der Waals surface area (Å²) in [6, 6.07) is 4.35. The van der Waals surface area contributed by atoms with Gasteiger partial charge < -0.3 is 15.4 Å². The number of aryl methyl sites for hydroxylation is 1. The number of hydrogen-bond acceptors (Lipinski definition) is 4. The van der Waals surface area contributed by atoms with E-state index in [0.29, 0.717) is 19.8 Å². The third-order valence-corrected chi connectivity index (χ3v) is 4.52. The quantitative estimate of drug-likeness (QED) is 0.842. The highest BCUT2D eigenvalue weighted by Crippen LogP contribution is 2.18. The fraction of sp³-hybridized carbons (Fsp3) is 0.615. The van der Waals surface area contributed by atoms with Gasteiger partial charge in [-0.15, -0.1) is 11.3 Å². The molecule has 2 N–H and O–H groups in total. The van der Waals surface area contributed by atoms with E-state index in [1.165, 1.54) is 9.75 Å². The van der Waals surface area contributed by atoms with Gasteiger partial charge in [0.1, 0.15) is 0 Å². The molecule has 100 valence electrons. The molecule has 2 heterocycles. The zero-order chi connectivity index (χ0) is 13.0. The molecule has 1 saturated heterocycles. The zero-order valence-corrected chi connectivity index (χ0v) is 11.7. The number of rotatable bonds is 5. The second-order valence-electron chi connectivity index (χ2n) is 4.48. The summed E-state index contributed by atoms with van der Waals surface area (Å²) in [6.07, 6.45) is 1.05. The van der Waals surface area contributed by atoms with Crippen LogP contribution in [0.15, 0.2) is 12.1 Å². The van der Waals surface area contributed by atoms with Crippen LogP contribution >= 0.6 is 11.3 Å².